The average molecular weight is 403 g/mol. The van der Waals surface area contributed by atoms with Gasteiger partial charge in [0.15, 0.2) is 0 Å². The van der Waals surface area contributed by atoms with Crippen molar-refractivity contribution in [3.8, 4) is 5.75 Å². The summed E-state index contributed by atoms with van der Waals surface area (Å²) in [5.74, 6) is 2.69. The van der Waals surface area contributed by atoms with Crippen LogP contribution in [0, 0.1) is 5.92 Å². The largest absolute Gasteiger partial charge is 0.493 e. The van der Waals surface area contributed by atoms with Crippen LogP contribution in [0.5, 0.6) is 5.75 Å². The Labute approximate surface area is 175 Å². The number of piperidine rings is 1. The highest BCUT2D eigenvalue weighted by molar-refractivity contribution is 5.44. The van der Waals surface area contributed by atoms with E-state index in [0.717, 1.165) is 24.7 Å². The Kier molecular flexibility index (Phi) is 7.46. The maximum Gasteiger partial charge on any atom is 0.128 e. The summed E-state index contributed by atoms with van der Waals surface area (Å²) in [5.41, 5.74) is 3.04. The summed E-state index contributed by atoms with van der Waals surface area (Å²) in [7, 11) is 1.63. The number of rotatable bonds is 8. The van der Waals surface area contributed by atoms with E-state index in [1.807, 2.05) is 0 Å². The Morgan fingerprint density at radius 1 is 1.17 bits per heavy atom. The van der Waals surface area contributed by atoms with Crippen molar-refractivity contribution < 1.29 is 14.6 Å². The number of nitrogens with one attached hydrogen (secondary N) is 1. The van der Waals surface area contributed by atoms with E-state index in [4.69, 9.17) is 9.47 Å². The molecule has 1 saturated heterocycles. The molecule has 4 rings (SSSR count). The molecule has 5 heteroatoms. The van der Waals surface area contributed by atoms with Gasteiger partial charge in [0.25, 0.3) is 0 Å². The van der Waals surface area contributed by atoms with Gasteiger partial charge in [0.05, 0.1) is 13.2 Å². The summed E-state index contributed by atoms with van der Waals surface area (Å²) in [6.45, 7) is 4.94. The fourth-order valence-electron chi connectivity index (χ4n) is 5.56. The Balaban J connectivity index is 1.16. The molecule has 0 amide bonds. The highest BCUT2D eigenvalue weighted by Gasteiger charge is 2.27. The Morgan fingerprint density at radius 2 is 1.97 bits per heavy atom. The minimum Gasteiger partial charge on any atom is -0.493 e. The number of benzene rings is 1. The minimum absolute atomic E-state index is 0.370. The van der Waals surface area contributed by atoms with Crippen LogP contribution >= 0.6 is 0 Å². The number of aliphatic hydroxyl groups excluding tert-OH is 1. The van der Waals surface area contributed by atoms with Crippen LogP contribution < -0.4 is 10.1 Å². The lowest BCUT2D eigenvalue weighted by molar-refractivity contribution is 0.0286. The zero-order chi connectivity index (χ0) is 20.1. The summed E-state index contributed by atoms with van der Waals surface area (Å²) in [6.07, 6.45) is 9.37. The monoisotopic (exact) mass is 402 g/mol. The highest BCUT2D eigenvalue weighted by Crippen LogP contribution is 2.37. The van der Waals surface area contributed by atoms with Gasteiger partial charge >= 0.3 is 0 Å². The maximum absolute atomic E-state index is 9.85. The molecule has 2 heterocycles. The molecule has 0 radical (unpaired) electrons. The smallest absolute Gasteiger partial charge is 0.128 e. The van der Waals surface area contributed by atoms with Crippen LogP contribution in [-0.4, -0.2) is 62.2 Å². The first kappa shape index (κ1) is 21.1. The van der Waals surface area contributed by atoms with E-state index < -0.39 is 6.23 Å². The van der Waals surface area contributed by atoms with Crippen molar-refractivity contribution >= 4 is 0 Å². The predicted octanol–water partition coefficient (Wildman–Crippen LogP) is 3.30. The van der Waals surface area contributed by atoms with Crippen molar-refractivity contribution in [1.82, 2.24) is 10.2 Å². The Bertz CT molecular complexity index is 637. The molecule has 1 aromatic carbocycles. The molecule has 0 bridgehead atoms. The van der Waals surface area contributed by atoms with Crippen molar-refractivity contribution in [2.75, 3.05) is 40.0 Å². The lowest BCUT2D eigenvalue weighted by Crippen LogP contribution is -2.43. The van der Waals surface area contributed by atoms with E-state index in [1.54, 1.807) is 12.7 Å². The van der Waals surface area contributed by atoms with E-state index in [9.17, 15) is 5.11 Å². The van der Waals surface area contributed by atoms with Gasteiger partial charge < -0.3 is 19.5 Å². The lowest BCUT2D eigenvalue weighted by Gasteiger charge is -2.35. The van der Waals surface area contributed by atoms with Crippen molar-refractivity contribution in [2.24, 2.45) is 5.92 Å². The molecule has 1 aromatic rings. The zero-order valence-corrected chi connectivity index (χ0v) is 17.9. The predicted molar refractivity (Wildman–Crippen MR) is 115 cm³/mol. The van der Waals surface area contributed by atoms with Crippen LogP contribution in [0.4, 0.5) is 0 Å². The van der Waals surface area contributed by atoms with Gasteiger partial charge in [0.1, 0.15) is 12.0 Å². The van der Waals surface area contributed by atoms with Crippen LogP contribution in [0.3, 0.4) is 0 Å². The van der Waals surface area contributed by atoms with Gasteiger partial charge in [0, 0.05) is 25.1 Å². The van der Waals surface area contributed by atoms with E-state index in [1.165, 1.54) is 70.1 Å². The number of aliphatic hydroxyl groups is 1. The fourth-order valence-corrected chi connectivity index (χ4v) is 5.56. The fraction of sp³-hybridized carbons (Fsp3) is 0.750. The van der Waals surface area contributed by atoms with E-state index in [-0.39, 0.29) is 0 Å². The second-order valence-corrected chi connectivity index (χ2v) is 9.18. The molecular formula is C24H38N2O3. The summed E-state index contributed by atoms with van der Waals surface area (Å²) in [6, 6.07) is 7.09. The lowest BCUT2D eigenvalue weighted by atomic mass is 9.83. The van der Waals surface area contributed by atoms with Crippen molar-refractivity contribution in [2.45, 2.75) is 69.6 Å². The third-order valence-electron chi connectivity index (χ3n) is 7.26. The standard InChI is InChI=1S/C24H38N2O3/c1-28-17-24(27)25-20-7-5-18(6-8-20)9-13-26-14-10-19(11-15-26)21-3-2-4-23-22(21)12-16-29-23/h2-4,18-20,24-25,27H,5-17H2,1H3. The second kappa shape index (κ2) is 10.3. The van der Waals surface area contributed by atoms with Crippen molar-refractivity contribution in [3.05, 3.63) is 29.3 Å². The summed E-state index contributed by atoms with van der Waals surface area (Å²) in [5, 5.41) is 13.1. The molecule has 162 valence electrons. The Morgan fingerprint density at radius 3 is 2.72 bits per heavy atom. The topological polar surface area (TPSA) is 54.0 Å². The van der Waals surface area contributed by atoms with Crippen molar-refractivity contribution in [3.63, 3.8) is 0 Å². The number of fused-ring (bicyclic) bond motifs is 1. The second-order valence-electron chi connectivity index (χ2n) is 9.18. The SMILES string of the molecule is COCC(O)NC1CCC(CCN2CCC(c3cccc4c3CCO4)CC2)CC1. The van der Waals surface area contributed by atoms with Gasteiger partial charge in [0.2, 0.25) is 0 Å². The average Bonchev–Trinajstić information content (AvgIpc) is 3.23. The molecule has 1 unspecified atom stereocenters. The first-order valence-electron chi connectivity index (χ1n) is 11.6. The molecule has 29 heavy (non-hydrogen) atoms. The van der Waals surface area contributed by atoms with Crippen LogP contribution in [0.1, 0.15) is 62.0 Å². The summed E-state index contributed by atoms with van der Waals surface area (Å²) < 4.78 is 10.8. The molecule has 1 atom stereocenters. The number of likely N-dealkylation sites (tertiary alicyclic amines) is 1. The third-order valence-corrected chi connectivity index (χ3v) is 7.26. The molecule has 1 aliphatic carbocycles. The normalized spacial score (nSPS) is 26.8. The first-order valence-corrected chi connectivity index (χ1v) is 11.6. The number of ether oxygens (including phenoxy) is 2. The molecule has 1 saturated carbocycles. The number of nitrogens with zero attached hydrogens (tertiary/aromatic N) is 1. The van der Waals surface area contributed by atoms with Gasteiger partial charge in [-0.05, 0) is 88.0 Å². The van der Waals surface area contributed by atoms with Gasteiger partial charge in [-0.2, -0.15) is 0 Å². The molecule has 2 aliphatic heterocycles. The minimum atomic E-state index is -0.528. The highest BCUT2D eigenvalue weighted by atomic mass is 16.5. The number of hydrogen-bond donors (Lipinski definition) is 2. The van der Waals surface area contributed by atoms with Crippen LogP contribution in [0.25, 0.3) is 0 Å². The molecule has 2 N–H and O–H groups in total. The van der Waals surface area contributed by atoms with Crippen molar-refractivity contribution in [1.29, 1.82) is 0 Å². The molecular weight excluding hydrogens is 364 g/mol. The van der Waals surface area contributed by atoms with E-state index >= 15 is 0 Å². The summed E-state index contributed by atoms with van der Waals surface area (Å²) >= 11 is 0. The van der Waals surface area contributed by atoms with Gasteiger partial charge in [-0.1, -0.05) is 12.1 Å². The number of methoxy groups -OCH3 is 1. The van der Waals surface area contributed by atoms with Gasteiger partial charge in [-0.3, -0.25) is 5.32 Å². The molecule has 2 fully saturated rings. The first-order chi connectivity index (χ1) is 14.2. The van der Waals surface area contributed by atoms with Crippen LogP contribution in [0.15, 0.2) is 18.2 Å². The third kappa shape index (κ3) is 5.52. The number of hydrogen-bond acceptors (Lipinski definition) is 5. The van der Waals surface area contributed by atoms with Crippen LogP contribution in [-0.2, 0) is 11.2 Å². The summed E-state index contributed by atoms with van der Waals surface area (Å²) in [4.78, 5) is 2.68. The maximum atomic E-state index is 9.85. The zero-order valence-electron chi connectivity index (χ0n) is 17.9. The van der Waals surface area contributed by atoms with Gasteiger partial charge in [-0.25, -0.2) is 0 Å². The molecule has 5 nitrogen and oxygen atoms in total. The molecule has 3 aliphatic rings. The van der Waals surface area contributed by atoms with E-state index in [0.29, 0.717) is 18.6 Å². The quantitative estimate of drug-likeness (QED) is 0.654. The van der Waals surface area contributed by atoms with E-state index in [2.05, 4.69) is 28.4 Å². The Hall–Kier alpha value is -1.14. The molecule has 0 spiro atoms. The molecule has 0 aromatic heterocycles. The van der Waals surface area contributed by atoms with Crippen LogP contribution in [0.2, 0.25) is 0 Å². The van der Waals surface area contributed by atoms with Gasteiger partial charge in [-0.15, -0.1) is 0 Å².